The molecule has 0 aliphatic heterocycles. The summed E-state index contributed by atoms with van der Waals surface area (Å²) in [4.78, 5) is 10.0. The van der Waals surface area contributed by atoms with Crippen LogP contribution in [0.15, 0.2) is 30.3 Å². The number of hydrogen-bond donors (Lipinski definition) is 0. The molecule has 52 valence electrons. The molecule has 0 amide bonds. The van der Waals surface area contributed by atoms with E-state index in [-0.39, 0.29) is 29.6 Å². The molecule has 0 aliphatic carbocycles. The van der Waals surface area contributed by atoms with Crippen molar-refractivity contribution in [2.45, 2.75) is 0 Å². The van der Waals surface area contributed by atoms with Crippen molar-refractivity contribution in [3.8, 4) is 5.75 Å². The van der Waals surface area contributed by atoms with Gasteiger partial charge in [0.1, 0.15) is 0 Å². The topological polar surface area (TPSA) is 49.4 Å². The first-order valence-electron chi connectivity index (χ1n) is 2.73. The fraction of sp³-hybridized carbons (Fsp3) is 0. The molecule has 0 atom stereocenters. The fourth-order valence-electron chi connectivity index (χ4n) is 0.585. The molecule has 0 aliphatic rings. The summed E-state index contributed by atoms with van der Waals surface area (Å²) < 4.78 is 14.4. The number of benzene rings is 1. The summed E-state index contributed by atoms with van der Waals surface area (Å²) in [7, 11) is -3.09. The van der Waals surface area contributed by atoms with Gasteiger partial charge in [0.05, 0.1) is 0 Å². The summed E-state index contributed by atoms with van der Waals surface area (Å²) in [5.74, 6) is 0.362. The minimum atomic E-state index is -3.09. The van der Waals surface area contributed by atoms with Crippen molar-refractivity contribution >= 4 is 9.17 Å². The SMILES string of the molecule is O=[Si]([O-])Oc1ccccc1.[Na+]. The molecule has 0 saturated carbocycles. The van der Waals surface area contributed by atoms with Crippen molar-refractivity contribution in [1.82, 2.24) is 0 Å². The summed E-state index contributed by atoms with van der Waals surface area (Å²) in [5, 5.41) is 0. The molecule has 0 aromatic heterocycles. The van der Waals surface area contributed by atoms with E-state index in [0.717, 1.165) is 0 Å². The Balaban J connectivity index is 0.000001000. The van der Waals surface area contributed by atoms with E-state index in [9.17, 15) is 9.26 Å². The van der Waals surface area contributed by atoms with E-state index in [1.54, 1.807) is 30.3 Å². The molecule has 1 aromatic carbocycles. The largest absolute Gasteiger partial charge is 1.00 e. The molecule has 1 aromatic rings. The number of hydrogen-bond acceptors (Lipinski definition) is 3. The van der Waals surface area contributed by atoms with Crippen molar-refractivity contribution in [3.05, 3.63) is 30.3 Å². The zero-order valence-corrected chi connectivity index (χ0v) is 9.11. The standard InChI is InChI=1S/C6H5O3Si.Na/c7-10(8)9-6-4-2-1-3-5-6;/h1-5H;/q-1;+1. The van der Waals surface area contributed by atoms with Gasteiger partial charge in [-0.25, -0.2) is 0 Å². The first-order chi connectivity index (χ1) is 4.79. The van der Waals surface area contributed by atoms with Crippen LogP contribution in [-0.4, -0.2) is 9.17 Å². The van der Waals surface area contributed by atoms with Crippen molar-refractivity contribution in [1.29, 1.82) is 0 Å². The third-order valence-electron chi connectivity index (χ3n) is 0.944. The van der Waals surface area contributed by atoms with Crippen LogP contribution in [-0.2, 0) is 4.46 Å². The van der Waals surface area contributed by atoms with Crippen molar-refractivity contribution < 1.29 is 43.2 Å². The molecule has 0 radical (unpaired) electrons. The average Bonchev–Trinajstić information content (AvgIpc) is 1.88. The van der Waals surface area contributed by atoms with Gasteiger partial charge in [0.2, 0.25) is 0 Å². The Kier molecular flexibility index (Phi) is 5.40. The molecule has 0 unspecified atom stereocenters. The van der Waals surface area contributed by atoms with E-state index in [4.69, 9.17) is 0 Å². The van der Waals surface area contributed by atoms with Crippen LogP contribution in [0.1, 0.15) is 0 Å². The second kappa shape index (κ2) is 5.48. The van der Waals surface area contributed by atoms with Gasteiger partial charge in [0.15, 0.2) is 0 Å². The molecule has 3 nitrogen and oxygen atoms in total. The van der Waals surface area contributed by atoms with Crippen LogP contribution < -0.4 is 38.8 Å². The molecule has 11 heavy (non-hydrogen) atoms. The van der Waals surface area contributed by atoms with Crippen molar-refractivity contribution in [2.75, 3.05) is 0 Å². The Morgan fingerprint density at radius 2 is 1.82 bits per heavy atom. The Morgan fingerprint density at radius 1 is 1.27 bits per heavy atom. The quantitative estimate of drug-likeness (QED) is 0.447. The van der Waals surface area contributed by atoms with Gasteiger partial charge in [-0.3, -0.25) is 0 Å². The van der Waals surface area contributed by atoms with Gasteiger partial charge in [-0.05, 0) is 12.1 Å². The smallest absolute Gasteiger partial charge is 0.554 e. The first kappa shape index (κ1) is 10.8. The second-order valence-electron chi connectivity index (χ2n) is 1.67. The summed E-state index contributed by atoms with van der Waals surface area (Å²) in [5.41, 5.74) is 0. The van der Waals surface area contributed by atoms with Gasteiger partial charge in [-0.2, -0.15) is 0 Å². The molecule has 0 fully saturated rings. The van der Waals surface area contributed by atoms with E-state index in [1.807, 2.05) is 0 Å². The van der Waals surface area contributed by atoms with Crippen LogP contribution in [0.4, 0.5) is 0 Å². The van der Waals surface area contributed by atoms with Gasteiger partial charge in [0.25, 0.3) is 0 Å². The molecule has 5 heteroatoms. The van der Waals surface area contributed by atoms with Crippen LogP contribution in [0, 0.1) is 0 Å². The van der Waals surface area contributed by atoms with Crippen LogP contribution in [0.3, 0.4) is 0 Å². The monoisotopic (exact) mass is 176 g/mol. The van der Waals surface area contributed by atoms with E-state index in [0.29, 0.717) is 5.75 Å². The zero-order chi connectivity index (χ0) is 7.40. The second-order valence-corrected chi connectivity index (χ2v) is 2.37. The predicted octanol–water partition coefficient (Wildman–Crippen LogP) is -3.15. The van der Waals surface area contributed by atoms with Crippen LogP contribution in [0.25, 0.3) is 0 Å². The van der Waals surface area contributed by atoms with E-state index in [2.05, 4.69) is 4.43 Å². The molecule has 0 bridgehead atoms. The molecule has 0 spiro atoms. The molecular weight excluding hydrogens is 171 g/mol. The Bertz CT molecular complexity index is 227. The molecule has 1 rings (SSSR count). The maximum absolute atomic E-state index is 10.0. The summed E-state index contributed by atoms with van der Waals surface area (Å²) in [6.45, 7) is 0. The average molecular weight is 176 g/mol. The Labute approximate surface area is 88.2 Å². The van der Waals surface area contributed by atoms with Gasteiger partial charge in [-0.1, -0.05) is 18.2 Å². The zero-order valence-electron chi connectivity index (χ0n) is 6.11. The maximum Gasteiger partial charge on any atom is 1.00 e. The normalized spacial score (nSPS) is 8.00. The number of rotatable bonds is 2. The predicted molar refractivity (Wildman–Crippen MR) is 33.5 cm³/mol. The van der Waals surface area contributed by atoms with E-state index in [1.165, 1.54) is 0 Å². The summed E-state index contributed by atoms with van der Waals surface area (Å²) in [6.07, 6.45) is 0. The minimum Gasteiger partial charge on any atom is -0.554 e. The fourth-order valence-corrected chi connectivity index (χ4v) is 0.913. The third kappa shape index (κ3) is 4.31. The van der Waals surface area contributed by atoms with E-state index >= 15 is 0 Å². The Morgan fingerprint density at radius 3 is 2.27 bits per heavy atom. The van der Waals surface area contributed by atoms with Crippen molar-refractivity contribution in [3.63, 3.8) is 0 Å². The van der Waals surface area contributed by atoms with Crippen LogP contribution in [0.2, 0.25) is 0 Å². The van der Waals surface area contributed by atoms with Crippen LogP contribution in [0.5, 0.6) is 5.75 Å². The molecular formula is C6H5NaO3Si. The first-order valence-corrected chi connectivity index (χ1v) is 3.95. The van der Waals surface area contributed by atoms with Crippen LogP contribution >= 0.6 is 0 Å². The summed E-state index contributed by atoms with van der Waals surface area (Å²) >= 11 is 0. The Hall–Kier alpha value is -0.163. The maximum atomic E-state index is 10.0. The van der Waals surface area contributed by atoms with Gasteiger partial charge < -0.3 is 13.7 Å². The van der Waals surface area contributed by atoms with Gasteiger partial charge in [0, 0.05) is 5.75 Å². The molecule has 0 N–H and O–H groups in total. The summed E-state index contributed by atoms with van der Waals surface area (Å²) in [6, 6.07) is 8.37. The molecule has 0 saturated heterocycles. The van der Waals surface area contributed by atoms with Crippen molar-refractivity contribution in [2.24, 2.45) is 0 Å². The van der Waals surface area contributed by atoms with Gasteiger partial charge >= 0.3 is 38.7 Å². The molecule has 0 heterocycles. The van der Waals surface area contributed by atoms with E-state index < -0.39 is 9.17 Å². The third-order valence-corrected chi connectivity index (χ3v) is 1.35. The minimum absolute atomic E-state index is 0. The number of para-hydroxylation sites is 1. The van der Waals surface area contributed by atoms with Gasteiger partial charge in [-0.15, -0.1) is 0 Å².